The molecule has 4 N–H and O–H groups in total. The fourth-order valence-electron chi connectivity index (χ4n) is 1.85. The van der Waals surface area contributed by atoms with E-state index in [0.717, 1.165) is 18.9 Å². The zero-order valence-electron chi connectivity index (χ0n) is 9.32. The van der Waals surface area contributed by atoms with Crippen LogP contribution in [0.1, 0.15) is 23.2 Å². The lowest BCUT2D eigenvalue weighted by Gasteiger charge is -2.16. The molecule has 1 unspecified atom stereocenters. The van der Waals surface area contributed by atoms with Gasteiger partial charge in [0.25, 0.3) is 5.91 Å². The predicted molar refractivity (Wildman–Crippen MR) is 61.1 cm³/mol. The lowest BCUT2D eigenvalue weighted by Crippen LogP contribution is -2.42. The van der Waals surface area contributed by atoms with Crippen molar-refractivity contribution in [3.05, 3.63) is 29.6 Å². The molecule has 0 bridgehead atoms. The minimum atomic E-state index is -0.728. The molecule has 0 aliphatic heterocycles. The number of carbonyl (C=O) groups excluding carboxylic acids is 1. The summed E-state index contributed by atoms with van der Waals surface area (Å²) in [7, 11) is 0. The molecule has 1 amide bonds. The number of hydrogen-bond acceptors (Lipinski definition) is 3. The highest BCUT2D eigenvalue weighted by molar-refractivity contribution is 5.97. The summed E-state index contributed by atoms with van der Waals surface area (Å²) in [6.45, 7) is 0.325. The van der Waals surface area contributed by atoms with Crippen LogP contribution in [0.3, 0.4) is 0 Å². The molecule has 1 saturated carbocycles. The maximum atomic E-state index is 13.4. The van der Waals surface area contributed by atoms with Gasteiger partial charge >= 0.3 is 0 Å². The van der Waals surface area contributed by atoms with Crippen molar-refractivity contribution in [2.75, 3.05) is 6.54 Å². The van der Waals surface area contributed by atoms with Gasteiger partial charge in [-0.25, -0.2) is 4.39 Å². The van der Waals surface area contributed by atoms with Gasteiger partial charge in [0.15, 0.2) is 0 Å². The Kier molecular flexibility index (Phi) is 3.28. The van der Waals surface area contributed by atoms with Gasteiger partial charge in [0.2, 0.25) is 0 Å². The Morgan fingerprint density at radius 2 is 2.29 bits per heavy atom. The van der Waals surface area contributed by atoms with E-state index in [0.29, 0.717) is 12.5 Å². The highest BCUT2D eigenvalue weighted by Gasteiger charge is 2.32. The van der Waals surface area contributed by atoms with E-state index in [1.807, 2.05) is 0 Å². The van der Waals surface area contributed by atoms with Crippen molar-refractivity contribution in [3.63, 3.8) is 0 Å². The van der Waals surface area contributed by atoms with Gasteiger partial charge in [-0.3, -0.25) is 4.79 Å². The molecular formula is C12H15FN2O2. The third kappa shape index (κ3) is 2.55. The summed E-state index contributed by atoms with van der Waals surface area (Å²) in [6.07, 6.45) is 2.07. The average Bonchev–Trinajstić information content (AvgIpc) is 3.09. The Hall–Kier alpha value is -1.62. The van der Waals surface area contributed by atoms with Crippen molar-refractivity contribution >= 4 is 5.91 Å². The monoisotopic (exact) mass is 238 g/mol. The second-order valence-corrected chi connectivity index (χ2v) is 4.29. The Bertz CT molecular complexity index is 412. The lowest BCUT2D eigenvalue weighted by molar-refractivity contribution is 0.0926. The van der Waals surface area contributed by atoms with Gasteiger partial charge in [0, 0.05) is 12.6 Å². The highest BCUT2D eigenvalue weighted by atomic mass is 19.1. The molecule has 1 aromatic rings. The number of benzene rings is 1. The van der Waals surface area contributed by atoms with Gasteiger partial charge in [-0.2, -0.15) is 0 Å². The van der Waals surface area contributed by atoms with E-state index in [1.165, 1.54) is 12.1 Å². The number of phenolic OH excluding ortho intramolecular Hbond substituents is 1. The quantitative estimate of drug-likeness (QED) is 0.732. The summed E-state index contributed by atoms with van der Waals surface area (Å²) in [4.78, 5) is 11.8. The van der Waals surface area contributed by atoms with Crippen LogP contribution in [0.15, 0.2) is 18.2 Å². The predicted octanol–water partition coefficient (Wildman–Crippen LogP) is 0.998. The van der Waals surface area contributed by atoms with Crippen LogP contribution in [0.5, 0.6) is 5.75 Å². The molecular weight excluding hydrogens is 223 g/mol. The summed E-state index contributed by atoms with van der Waals surface area (Å²) in [6, 6.07) is 3.64. The number of nitrogens with one attached hydrogen (secondary N) is 1. The number of phenols is 1. The number of aromatic hydroxyl groups is 1. The fourth-order valence-corrected chi connectivity index (χ4v) is 1.85. The van der Waals surface area contributed by atoms with E-state index in [4.69, 9.17) is 5.73 Å². The molecule has 1 fully saturated rings. The third-order valence-corrected chi connectivity index (χ3v) is 2.98. The maximum Gasteiger partial charge on any atom is 0.258 e. The zero-order chi connectivity index (χ0) is 12.4. The Balaban J connectivity index is 2.13. The number of halogens is 1. The summed E-state index contributed by atoms with van der Waals surface area (Å²) in [5.74, 6) is -1.30. The summed E-state index contributed by atoms with van der Waals surface area (Å²) < 4.78 is 13.4. The molecule has 0 radical (unpaired) electrons. The van der Waals surface area contributed by atoms with Crippen LogP contribution in [0, 0.1) is 11.7 Å². The van der Waals surface area contributed by atoms with Gasteiger partial charge in [-0.05, 0) is 30.9 Å². The van der Waals surface area contributed by atoms with E-state index >= 15 is 0 Å². The van der Waals surface area contributed by atoms with Crippen molar-refractivity contribution < 1.29 is 14.3 Å². The minimum absolute atomic E-state index is 0.137. The molecule has 4 nitrogen and oxygen atoms in total. The third-order valence-electron chi connectivity index (χ3n) is 2.98. The molecule has 2 rings (SSSR count). The van der Waals surface area contributed by atoms with Crippen LogP contribution in [0.2, 0.25) is 0 Å². The van der Waals surface area contributed by atoms with Crippen LogP contribution >= 0.6 is 0 Å². The molecule has 0 heterocycles. The van der Waals surface area contributed by atoms with E-state index in [9.17, 15) is 14.3 Å². The van der Waals surface area contributed by atoms with E-state index in [2.05, 4.69) is 5.32 Å². The average molecular weight is 238 g/mol. The Labute approximate surface area is 98.6 Å². The molecule has 0 spiro atoms. The normalized spacial score (nSPS) is 16.6. The van der Waals surface area contributed by atoms with Gasteiger partial charge in [0.1, 0.15) is 17.1 Å². The largest absolute Gasteiger partial charge is 0.507 e. The lowest BCUT2D eigenvalue weighted by atomic mass is 10.1. The van der Waals surface area contributed by atoms with Gasteiger partial charge < -0.3 is 16.2 Å². The smallest absolute Gasteiger partial charge is 0.258 e. The second-order valence-electron chi connectivity index (χ2n) is 4.29. The van der Waals surface area contributed by atoms with E-state index < -0.39 is 11.7 Å². The summed E-state index contributed by atoms with van der Waals surface area (Å²) in [5, 5.41) is 12.1. The molecule has 92 valence electrons. The van der Waals surface area contributed by atoms with Crippen molar-refractivity contribution in [3.8, 4) is 5.75 Å². The first-order valence-electron chi connectivity index (χ1n) is 5.62. The topological polar surface area (TPSA) is 75.3 Å². The van der Waals surface area contributed by atoms with Crippen LogP contribution in [-0.4, -0.2) is 23.6 Å². The van der Waals surface area contributed by atoms with Crippen LogP contribution in [-0.2, 0) is 0 Å². The van der Waals surface area contributed by atoms with Gasteiger partial charge in [-0.1, -0.05) is 6.07 Å². The minimum Gasteiger partial charge on any atom is -0.507 e. The number of carbonyl (C=O) groups is 1. The van der Waals surface area contributed by atoms with Crippen molar-refractivity contribution in [1.82, 2.24) is 5.32 Å². The number of hydrogen-bond donors (Lipinski definition) is 3. The summed E-state index contributed by atoms with van der Waals surface area (Å²) in [5.41, 5.74) is 5.23. The maximum absolute atomic E-state index is 13.4. The molecule has 0 aromatic heterocycles. The zero-order valence-corrected chi connectivity index (χ0v) is 9.32. The Morgan fingerprint density at radius 3 is 2.82 bits per heavy atom. The molecule has 5 heteroatoms. The van der Waals surface area contributed by atoms with Gasteiger partial charge in [-0.15, -0.1) is 0 Å². The fraction of sp³-hybridized carbons (Fsp3) is 0.417. The van der Waals surface area contributed by atoms with Crippen LogP contribution in [0.25, 0.3) is 0 Å². The first-order valence-corrected chi connectivity index (χ1v) is 5.62. The van der Waals surface area contributed by atoms with Crippen molar-refractivity contribution in [1.29, 1.82) is 0 Å². The van der Waals surface area contributed by atoms with E-state index in [1.54, 1.807) is 0 Å². The van der Waals surface area contributed by atoms with E-state index in [-0.39, 0.29) is 17.4 Å². The number of amides is 1. The molecule has 1 aliphatic carbocycles. The number of nitrogens with two attached hydrogens (primary N) is 1. The summed E-state index contributed by atoms with van der Waals surface area (Å²) >= 11 is 0. The Morgan fingerprint density at radius 1 is 1.59 bits per heavy atom. The molecule has 1 aromatic carbocycles. The molecule has 17 heavy (non-hydrogen) atoms. The highest BCUT2D eigenvalue weighted by Crippen LogP contribution is 2.32. The molecule has 1 atom stereocenters. The van der Waals surface area contributed by atoms with Crippen molar-refractivity contribution in [2.45, 2.75) is 18.9 Å². The second kappa shape index (κ2) is 4.71. The standard InChI is InChI=1S/C12H15FN2O2/c13-8-2-1-3-10(16)11(8)12(17)15-9(6-14)7-4-5-7/h1-3,7,9,16H,4-6,14H2,(H,15,17). The van der Waals surface area contributed by atoms with Gasteiger partial charge in [0.05, 0.1) is 0 Å². The molecule has 0 saturated heterocycles. The van der Waals surface area contributed by atoms with Crippen LogP contribution in [0.4, 0.5) is 4.39 Å². The first kappa shape index (κ1) is 11.9. The molecule has 1 aliphatic rings. The van der Waals surface area contributed by atoms with Crippen LogP contribution < -0.4 is 11.1 Å². The SMILES string of the molecule is NCC(NC(=O)c1c(O)cccc1F)C1CC1. The number of rotatable bonds is 4. The van der Waals surface area contributed by atoms with Crippen molar-refractivity contribution in [2.24, 2.45) is 11.7 Å². The first-order chi connectivity index (χ1) is 8.13.